The van der Waals surface area contributed by atoms with E-state index in [1.54, 1.807) is 0 Å². The van der Waals surface area contributed by atoms with Crippen LogP contribution >= 0.6 is 0 Å². The lowest BCUT2D eigenvalue weighted by Gasteiger charge is -2.20. The second-order valence-electron chi connectivity index (χ2n) is 4.59. The minimum atomic E-state index is -3.88. The van der Waals surface area contributed by atoms with Crippen molar-refractivity contribution in [2.75, 3.05) is 13.1 Å². The van der Waals surface area contributed by atoms with Gasteiger partial charge in [0.15, 0.2) is 0 Å². The molecule has 1 aromatic rings. The summed E-state index contributed by atoms with van der Waals surface area (Å²) in [6, 6.07) is 4.38. The van der Waals surface area contributed by atoms with Gasteiger partial charge < -0.3 is 5.11 Å². The van der Waals surface area contributed by atoms with Gasteiger partial charge in [-0.1, -0.05) is 0 Å². The van der Waals surface area contributed by atoms with Gasteiger partial charge >= 0.3 is 5.97 Å². The van der Waals surface area contributed by atoms with Crippen LogP contribution in [0.15, 0.2) is 29.2 Å². The zero-order valence-corrected chi connectivity index (χ0v) is 10.9. The minimum absolute atomic E-state index is 0.0872. The first-order valence-corrected chi connectivity index (χ1v) is 7.31. The average molecular weight is 287 g/mol. The van der Waals surface area contributed by atoms with Crippen LogP contribution in [0.4, 0.5) is 4.39 Å². The van der Waals surface area contributed by atoms with E-state index in [9.17, 15) is 17.6 Å². The summed E-state index contributed by atoms with van der Waals surface area (Å²) >= 11 is 0. The van der Waals surface area contributed by atoms with Crippen LogP contribution in [0.3, 0.4) is 0 Å². The van der Waals surface area contributed by atoms with Gasteiger partial charge in [0.25, 0.3) is 0 Å². The molecule has 1 aliphatic rings. The number of benzene rings is 1. The molecule has 19 heavy (non-hydrogen) atoms. The van der Waals surface area contributed by atoms with Gasteiger partial charge in [0, 0.05) is 6.54 Å². The van der Waals surface area contributed by atoms with Crippen LogP contribution in [0.1, 0.15) is 12.8 Å². The van der Waals surface area contributed by atoms with E-state index >= 15 is 0 Å². The van der Waals surface area contributed by atoms with E-state index in [0.717, 1.165) is 41.4 Å². The quantitative estimate of drug-likeness (QED) is 0.856. The Balaban J connectivity index is 2.26. The van der Waals surface area contributed by atoms with Crippen LogP contribution in [0.5, 0.6) is 0 Å². The highest BCUT2D eigenvalue weighted by molar-refractivity contribution is 7.89. The molecule has 1 saturated carbocycles. The monoisotopic (exact) mass is 287 g/mol. The van der Waals surface area contributed by atoms with Gasteiger partial charge in [-0.15, -0.1) is 0 Å². The van der Waals surface area contributed by atoms with Crippen molar-refractivity contribution < 1.29 is 22.7 Å². The number of carboxylic acid groups (broad SMARTS) is 1. The van der Waals surface area contributed by atoms with Crippen molar-refractivity contribution in [2.45, 2.75) is 17.7 Å². The topological polar surface area (TPSA) is 74.7 Å². The molecule has 0 aliphatic heterocycles. The molecular formula is C12H14FNO4S. The van der Waals surface area contributed by atoms with Crippen LogP contribution in [0.2, 0.25) is 0 Å². The average Bonchev–Trinajstić information content (AvgIpc) is 3.12. The van der Waals surface area contributed by atoms with Crippen molar-refractivity contribution in [3.63, 3.8) is 0 Å². The summed E-state index contributed by atoms with van der Waals surface area (Å²) in [4.78, 5) is 10.7. The SMILES string of the molecule is O=C(O)CN(CC1CC1)S(=O)(=O)c1ccc(F)cc1. The molecule has 0 radical (unpaired) electrons. The number of carbonyl (C=O) groups is 1. The molecule has 1 N–H and O–H groups in total. The maximum atomic E-state index is 12.8. The highest BCUT2D eigenvalue weighted by Crippen LogP contribution is 2.31. The molecule has 0 saturated heterocycles. The molecule has 0 aromatic heterocycles. The van der Waals surface area contributed by atoms with E-state index in [-0.39, 0.29) is 17.4 Å². The molecule has 0 heterocycles. The molecule has 0 atom stereocenters. The smallest absolute Gasteiger partial charge is 0.318 e. The standard InChI is InChI=1S/C12H14FNO4S/c13-10-3-5-11(6-4-10)19(17,18)14(8-12(15)16)7-9-1-2-9/h3-6,9H,1-2,7-8H2,(H,15,16). The molecule has 0 amide bonds. The zero-order valence-electron chi connectivity index (χ0n) is 10.1. The van der Waals surface area contributed by atoms with Crippen molar-refractivity contribution in [1.82, 2.24) is 4.31 Å². The van der Waals surface area contributed by atoms with Crippen molar-refractivity contribution in [3.05, 3.63) is 30.1 Å². The summed E-state index contributed by atoms with van der Waals surface area (Å²) in [6.45, 7) is -0.373. The predicted octanol–water partition coefficient (Wildman–Crippen LogP) is 1.31. The van der Waals surface area contributed by atoms with Crippen LogP contribution in [0.25, 0.3) is 0 Å². The molecular weight excluding hydrogens is 273 g/mol. The maximum Gasteiger partial charge on any atom is 0.318 e. The predicted molar refractivity (Wildman–Crippen MR) is 65.5 cm³/mol. The van der Waals surface area contributed by atoms with Gasteiger partial charge in [-0.3, -0.25) is 4.79 Å². The van der Waals surface area contributed by atoms with Crippen molar-refractivity contribution >= 4 is 16.0 Å². The third-order valence-electron chi connectivity index (χ3n) is 2.92. The Morgan fingerprint density at radius 1 is 1.32 bits per heavy atom. The number of nitrogens with zero attached hydrogens (tertiary/aromatic N) is 1. The summed E-state index contributed by atoms with van der Waals surface area (Å²) in [6.07, 6.45) is 1.82. The summed E-state index contributed by atoms with van der Waals surface area (Å²) in [5.74, 6) is -1.51. The molecule has 1 fully saturated rings. The number of hydrogen-bond acceptors (Lipinski definition) is 3. The first kappa shape index (κ1) is 14.0. The van der Waals surface area contributed by atoms with Crippen LogP contribution < -0.4 is 0 Å². The second kappa shape index (κ2) is 5.26. The summed E-state index contributed by atoms with van der Waals surface area (Å²) in [5.41, 5.74) is 0. The Bertz CT molecular complexity index is 566. The number of aliphatic carboxylic acids is 1. The van der Waals surface area contributed by atoms with Gasteiger partial charge in [-0.2, -0.15) is 4.31 Å². The van der Waals surface area contributed by atoms with Gasteiger partial charge in [0.05, 0.1) is 4.90 Å². The highest BCUT2D eigenvalue weighted by atomic mass is 32.2. The third-order valence-corrected chi connectivity index (χ3v) is 4.75. The van der Waals surface area contributed by atoms with Crippen molar-refractivity contribution in [2.24, 2.45) is 5.92 Å². The molecule has 1 aromatic carbocycles. The molecule has 0 unspecified atom stereocenters. The molecule has 0 spiro atoms. The lowest BCUT2D eigenvalue weighted by Crippen LogP contribution is -2.37. The first-order chi connectivity index (χ1) is 8.89. The van der Waals surface area contributed by atoms with E-state index < -0.39 is 28.4 Å². The molecule has 7 heteroatoms. The van der Waals surface area contributed by atoms with Crippen LogP contribution in [-0.4, -0.2) is 36.9 Å². The summed E-state index contributed by atoms with van der Waals surface area (Å²) in [7, 11) is -3.88. The largest absolute Gasteiger partial charge is 0.480 e. The number of rotatable bonds is 6. The number of sulfonamides is 1. The van der Waals surface area contributed by atoms with Gasteiger partial charge in [-0.05, 0) is 43.0 Å². The van der Waals surface area contributed by atoms with Gasteiger partial charge in [0.1, 0.15) is 12.4 Å². The molecule has 0 bridgehead atoms. The van der Waals surface area contributed by atoms with Crippen LogP contribution in [-0.2, 0) is 14.8 Å². The van der Waals surface area contributed by atoms with E-state index in [1.807, 2.05) is 0 Å². The summed E-state index contributed by atoms with van der Waals surface area (Å²) in [5, 5.41) is 8.81. The Labute approximate surface area is 110 Å². The molecule has 104 valence electrons. The fourth-order valence-corrected chi connectivity index (χ4v) is 3.21. The normalized spacial score (nSPS) is 15.7. The van der Waals surface area contributed by atoms with E-state index in [2.05, 4.69) is 0 Å². The molecule has 5 nitrogen and oxygen atoms in total. The minimum Gasteiger partial charge on any atom is -0.480 e. The number of halogens is 1. The van der Waals surface area contributed by atoms with Crippen LogP contribution in [0, 0.1) is 11.7 Å². The molecule has 1 aliphatic carbocycles. The second-order valence-corrected chi connectivity index (χ2v) is 6.53. The first-order valence-electron chi connectivity index (χ1n) is 5.87. The number of hydrogen-bond donors (Lipinski definition) is 1. The molecule has 2 rings (SSSR count). The number of carboxylic acids is 1. The lowest BCUT2D eigenvalue weighted by atomic mass is 10.4. The highest BCUT2D eigenvalue weighted by Gasteiger charge is 2.32. The van der Waals surface area contributed by atoms with E-state index in [1.165, 1.54) is 0 Å². The van der Waals surface area contributed by atoms with Crippen molar-refractivity contribution in [3.8, 4) is 0 Å². The zero-order chi connectivity index (χ0) is 14.0. The van der Waals surface area contributed by atoms with Gasteiger partial charge in [0.2, 0.25) is 10.0 Å². The Kier molecular flexibility index (Phi) is 3.86. The van der Waals surface area contributed by atoms with Crippen molar-refractivity contribution in [1.29, 1.82) is 0 Å². The van der Waals surface area contributed by atoms with E-state index in [0.29, 0.717) is 0 Å². The fourth-order valence-electron chi connectivity index (χ4n) is 1.74. The Morgan fingerprint density at radius 3 is 2.37 bits per heavy atom. The third kappa shape index (κ3) is 3.51. The Morgan fingerprint density at radius 2 is 1.89 bits per heavy atom. The maximum absolute atomic E-state index is 12.8. The Hall–Kier alpha value is -1.47. The lowest BCUT2D eigenvalue weighted by molar-refractivity contribution is -0.137. The fraction of sp³-hybridized carbons (Fsp3) is 0.417. The van der Waals surface area contributed by atoms with E-state index in [4.69, 9.17) is 5.11 Å². The van der Waals surface area contributed by atoms with Gasteiger partial charge in [-0.25, -0.2) is 12.8 Å². The summed E-state index contributed by atoms with van der Waals surface area (Å²) < 4.78 is 38.3.